The zero-order valence-corrected chi connectivity index (χ0v) is 16.3. The lowest BCUT2D eigenvalue weighted by molar-refractivity contribution is -0.132. The molecular formula is C22H25N3O3. The van der Waals surface area contributed by atoms with Crippen LogP contribution in [0, 0.1) is 6.92 Å². The maximum atomic E-state index is 12.7. The van der Waals surface area contributed by atoms with Gasteiger partial charge < -0.3 is 9.64 Å². The Morgan fingerprint density at radius 3 is 2.54 bits per heavy atom. The molecule has 2 aromatic rings. The van der Waals surface area contributed by atoms with Gasteiger partial charge in [0.1, 0.15) is 18.1 Å². The van der Waals surface area contributed by atoms with E-state index < -0.39 is 0 Å². The van der Waals surface area contributed by atoms with Crippen molar-refractivity contribution in [2.24, 2.45) is 5.10 Å². The minimum atomic E-state index is -0.168. The van der Waals surface area contributed by atoms with E-state index in [1.54, 1.807) is 11.9 Å². The van der Waals surface area contributed by atoms with Gasteiger partial charge in [-0.2, -0.15) is 5.10 Å². The van der Waals surface area contributed by atoms with Gasteiger partial charge >= 0.3 is 0 Å². The fraction of sp³-hybridized carbons (Fsp3) is 0.318. The molecule has 0 saturated heterocycles. The average molecular weight is 379 g/mol. The topological polar surface area (TPSA) is 62.2 Å². The third kappa shape index (κ3) is 5.19. The largest absolute Gasteiger partial charge is 0.492 e. The van der Waals surface area contributed by atoms with Crippen molar-refractivity contribution in [3.05, 3.63) is 65.7 Å². The summed E-state index contributed by atoms with van der Waals surface area (Å²) in [7, 11) is 1.72. The van der Waals surface area contributed by atoms with Crippen LogP contribution >= 0.6 is 0 Å². The normalized spacial score (nSPS) is 13.9. The Morgan fingerprint density at radius 2 is 1.82 bits per heavy atom. The van der Waals surface area contributed by atoms with Crippen LogP contribution in [0.3, 0.4) is 0 Å². The molecule has 0 aliphatic carbocycles. The number of carbonyl (C=O) groups is 2. The second kappa shape index (κ2) is 9.17. The van der Waals surface area contributed by atoms with Gasteiger partial charge in [-0.25, -0.2) is 5.01 Å². The number of amides is 2. The fourth-order valence-corrected chi connectivity index (χ4v) is 2.89. The summed E-state index contributed by atoms with van der Waals surface area (Å²) < 4.78 is 5.69. The molecule has 0 N–H and O–H groups in total. The van der Waals surface area contributed by atoms with E-state index in [9.17, 15) is 9.59 Å². The average Bonchev–Trinajstić information content (AvgIpc) is 2.71. The molecule has 0 unspecified atom stereocenters. The highest BCUT2D eigenvalue weighted by atomic mass is 16.5. The molecule has 0 aromatic heterocycles. The third-order valence-electron chi connectivity index (χ3n) is 4.59. The minimum Gasteiger partial charge on any atom is -0.492 e. The first-order valence-electron chi connectivity index (χ1n) is 9.39. The second-order valence-electron chi connectivity index (χ2n) is 6.87. The van der Waals surface area contributed by atoms with Gasteiger partial charge in [-0.05, 0) is 24.6 Å². The Hall–Kier alpha value is -3.15. The van der Waals surface area contributed by atoms with Crippen molar-refractivity contribution in [3.63, 3.8) is 0 Å². The summed E-state index contributed by atoms with van der Waals surface area (Å²) in [5, 5.41) is 5.72. The highest BCUT2D eigenvalue weighted by Crippen LogP contribution is 2.15. The van der Waals surface area contributed by atoms with E-state index in [0.717, 1.165) is 11.3 Å². The van der Waals surface area contributed by atoms with Crippen LogP contribution in [0.1, 0.15) is 24.0 Å². The number of rotatable bonds is 7. The van der Waals surface area contributed by atoms with Gasteiger partial charge in [0.05, 0.1) is 13.1 Å². The Labute approximate surface area is 165 Å². The molecule has 146 valence electrons. The number of hydrogen-bond donors (Lipinski definition) is 0. The molecule has 1 aliphatic rings. The predicted molar refractivity (Wildman–Crippen MR) is 108 cm³/mol. The Morgan fingerprint density at radius 1 is 1.11 bits per heavy atom. The van der Waals surface area contributed by atoms with E-state index in [4.69, 9.17) is 4.74 Å². The van der Waals surface area contributed by atoms with E-state index in [1.165, 1.54) is 10.6 Å². The summed E-state index contributed by atoms with van der Waals surface area (Å²) in [6, 6.07) is 17.4. The zero-order valence-electron chi connectivity index (χ0n) is 16.3. The van der Waals surface area contributed by atoms with Crippen LogP contribution in [-0.2, 0) is 16.1 Å². The number of benzene rings is 2. The van der Waals surface area contributed by atoms with Crippen molar-refractivity contribution in [2.75, 3.05) is 20.2 Å². The quantitative estimate of drug-likeness (QED) is 0.743. The molecule has 0 saturated carbocycles. The molecule has 6 nitrogen and oxygen atoms in total. The molecular weight excluding hydrogens is 354 g/mol. The van der Waals surface area contributed by atoms with E-state index in [-0.39, 0.29) is 11.8 Å². The van der Waals surface area contributed by atoms with Crippen LogP contribution in [0.25, 0.3) is 0 Å². The van der Waals surface area contributed by atoms with Gasteiger partial charge in [0.2, 0.25) is 5.91 Å². The molecule has 0 radical (unpaired) electrons. The summed E-state index contributed by atoms with van der Waals surface area (Å²) in [5.74, 6) is 0.546. The van der Waals surface area contributed by atoms with Crippen molar-refractivity contribution >= 4 is 17.5 Å². The molecule has 28 heavy (non-hydrogen) atoms. The Balaban J connectivity index is 1.56. The van der Waals surface area contributed by atoms with E-state index >= 15 is 0 Å². The molecule has 0 fully saturated rings. The molecule has 0 atom stereocenters. The molecule has 1 aliphatic heterocycles. The van der Waals surface area contributed by atoms with Gasteiger partial charge in [0.25, 0.3) is 5.91 Å². The number of ether oxygens (including phenoxy) is 1. The van der Waals surface area contributed by atoms with Crippen molar-refractivity contribution in [1.29, 1.82) is 0 Å². The summed E-state index contributed by atoms with van der Waals surface area (Å²) in [5.41, 5.74) is 2.56. The van der Waals surface area contributed by atoms with Gasteiger partial charge in [0.15, 0.2) is 0 Å². The highest BCUT2D eigenvalue weighted by Gasteiger charge is 2.26. The number of hydrogen-bond acceptors (Lipinski definition) is 4. The number of aryl methyl sites for hydroxylation is 1. The molecule has 2 amide bonds. The van der Waals surface area contributed by atoms with Crippen LogP contribution < -0.4 is 4.74 Å². The fourth-order valence-electron chi connectivity index (χ4n) is 2.89. The molecule has 0 bridgehead atoms. The van der Waals surface area contributed by atoms with E-state index in [0.29, 0.717) is 38.2 Å². The summed E-state index contributed by atoms with van der Waals surface area (Å²) >= 11 is 0. The molecule has 0 spiro atoms. The molecule has 1 heterocycles. The lowest BCUT2D eigenvalue weighted by Gasteiger charge is -2.25. The van der Waals surface area contributed by atoms with Gasteiger partial charge in [-0.1, -0.05) is 48.0 Å². The van der Waals surface area contributed by atoms with E-state index in [1.807, 2.05) is 61.5 Å². The number of carbonyl (C=O) groups excluding carboxylic acids is 2. The van der Waals surface area contributed by atoms with Crippen molar-refractivity contribution < 1.29 is 14.3 Å². The van der Waals surface area contributed by atoms with Crippen molar-refractivity contribution in [1.82, 2.24) is 9.91 Å². The van der Waals surface area contributed by atoms with Crippen LogP contribution in [0.4, 0.5) is 0 Å². The van der Waals surface area contributed by atoms with Crippen molar-refractivity contribution in [2.45, 2.75) is 26.3 Å². The van der Waals surface area contributed by atoms with Gasteiger partial charge in [-0.15, -0.1) is 0 Å². The summed E-state index contributed by atoms with van der Waals surface area (Å²) in [4.78, 5) is 26.4. The lowest BCUT2D eigenvalue weighted by Crippen LogP contribution is -2.41. The molecule has 3 rings (SSSR count). The zero-order chi connectivity index (χ0) is 19.9. The summed E-state index contributed by atoms with van der Waals surface area (Å²) in [6.45, 7) is 3.23. The smallest absolute Gasteiger partial charge is 0.269 e. The lowest BCUT2D eigenvalue weighted by atomic mass is 10.1. The Kier molecular flexibility index (Phi) is 6.42. The van der Waals surface area contributed by atoms with Crippen LogP contribution in [-0.4, -0.2) is 47.6 Å². The Bertz CT molecular complexity index is 847. The standard InChI is InChI=1S/C22H25N3O3/c1-17-8-10-19(11-9-17)28-15-14-24(2)22(27)20-12-13-21(26)25(23-20)16-18-6-4-3-5-7-18/h3-11H,12-16H2,1-2H3. The second-order valence-corrected chi connectivity index (χ2v) is 6.87. The maximum Gasteiger partial charge on any atom is 0.269 e. The predicted octanol–water partition coefficient (Wildman–Crippen LogP) is 3.01. The summed E-state index contributed by atoms with van der Waals surface area (Å²) in [6.07, 6.45) is 0.664. The van der Waals surface area contributed by atoms with Crippen molar-refractivity contribution in [3.8, 4) is 5.75 Å². The first-order valence-corrected chi connectivity index (χ1v) is 9.39. The molecule has 2 aromatic carbocycles. The molecule has 6 heteroatoms. The first-order chi connectivity index (χ1) is 13.5. The van der Waals surface area contributed by atoms with Crippen LogP contribution in [0.2, 0.25) is 0 Å². The highest BCUT2D eigenvalue weighted by molar-refractivity contribution is 6.39. The maximum absolute atomic E-state index is 12.7. The van der Waals surface area contributed by atoms with Crippen LogP contribution in [0.15, 0.2) is 59.7 Å². The number of hydrazone groups is 1. The van der Waals surface area contributed by atoms with E-state index in [2.05, 4.69) is 5.10 Å². The minimum absolute atomic E-state index is 0.0641. The first kappa shape index (κ1) is 19.6. The van der Waals surface area contributed by atoms with Crippen LogP contribution in [0.5, 0.6) is 5.75 Å². The number of likely N-dealkylation sites (N-methyl/N-ethyl adjacent to an activating group) is 1. The third-order valence-corrected chi connectivity index (χ3v) is 4.59. The van der Waals surface area contributed by atoms with Gasteiger partial charge in [0, 0.05) is 19.9 Å². The van der Waals surface area contributed by atoms with Gasteiger partial charge in [-0.3, -0.25) is 9.59 Å². The SMILES string of the molecule is Cc1ccc(OCCN(C)C(=O)C2=NN(Cc3ccccc3)C(=O)CC2)cc1. The monoisotopic (exact) mass is 379 g/mol. The number of nitrogens with zero attached hydrogens (tertiary/aromatic N) is 3.